The van der Waals surface area contributed by atoms with Crippen molar-refractivity contribution in [3.63, 3.8) is 0 Å². The van der Waals surface area contributed by atoms with Crippen LogP contribution in [0, 0.1) is 0 Å². The third-order valence-corrected chi connectivity index (χ3v) is 5.20. The van der Waals surface area contributed by atoms with Crippen molar-refractivity contribution in [2.75, 3.05) is 5.32 Å². The molecule has 0 fully saturated rings. The van der Waals surface area contributed by atoms with E-state index < -0.39 is 9.84 Å². The number of hydrogen-bond donors (Lipinski definition) is 1. The number of aromatic nitrogens is 4. The first kappa shape index (κ1) is 14.9. The van der Waals surface area contributed by atoms with Crippen LogP contribution >= 0.6 is 11.3 Å². The van der Waals surface area contributed by atoms with Gasteiger partial charge >= 0.3 is 0 Å². The second-order valence-electron chi connectivity index (χ2n) is 5.49. The third kappa shape index (κ3) is 3.76. The van der Waals surface area contributed by atoms with Gasteiger partial charge in [0.1, 0.15) is 5.75 Å². The first-order valence-electron chi connectivity index (χ1n) is 5.99. The Kier molecular flexibility index (Phi) is 3.83. The second-order valence-corrected chi connectivity index (χ2v) is 8.63. The van der Waals surface area contributed by atoms with Gasteiger partial charge in [-0.2, -0.15) is 5.10 Å². The maximum absolute atomic E-state index is 12.2. The highest BCUT2D eigenvalue weighted by molar-refractivity contribution is 7.92. The van der Waals surface area contributed by atoms with Gasteiger partial charge in [0.05, 0.1) is 5.69 Å². The van der Waals surface area contributed by atoms with Gasteiger partial charge in [-0.1, -0.05) is 11.3 Å². The van der Waals surface area contributed by atoms with E-state index in [9.17, 15) is 8.42 Å². The molecular weight excluding hydrogens is 298 g/mol. The van der Waals surface area contributed by atoms with Gasteiger partial charge in [-0.25, -0.2) is 8.42 Å². The lowest BCUT2D eigenvalue weighted by Gasteiger charge is -2.18. The molecule has 110 valence electrons. The first-order chi connectivity index (χ1) is 9.16. The summed E-state index contributed by atoms with van der Waals surface area (Å²) < 4.78 is 26.0. The van der Waals surface area contributed by atoms with Crippen LogP contribution in [0.25, 0.3) is 0 Å². The average Bonchev–Trinajstić information content (AvgIpc) is 2.85. The van der Waals surface area contributed by atoms with Crippen molar-refractivity contribution in [3.05, 3.63) is 18.0 Å². The van der Waals surface area contributed by atoms with Gasteiger partial charge in [-0.3, -0.25) is 4.68 Å². The Morgan fingerprint density at radius 1 is 1.35 bits per heavy atom. The van der Waals surface area contributed by atoms with Crippen molar-refractivity contribution in [1.29, 1.82) is 0 Å². The Bertz CT molecular complexity index is 696. The normalized spacial score (nSPS) is 12.6. The molecule has 0 radical (unpaired) electrons. The standard InChI is InChI=1S/C11H17N5O2S2/c1-11(2,3)12-9-13-14-10(19-9)20(17,18)7-8-5-6-16(4)15-8/h5-6H,7H2,1-4H3,(H,12,13). The van der Waals surface area contributed by atoms with E-state index in [1.165, 1.54) is 0 Å². The van der Waals surface area contributed by atoms with Crippen molar-refractivity contribution in [3.8, 4) is 0 Å². The summed E-state index contributed by atoms with van der Waals surface area (Å²) in [5.41, 5.74) is 0.301. The second kappa shape index (κ2) is 5.13. The summed E-state index contributed by atoms with van der Waals surface area (Å²) in [6.45, 7) is 5.91. The minimum atomic E-state index is -3.51. The van der Waals surface area contributed by atoms with E-state index in [0.29, 0.717) is 10.8 Å². The molecule has 0 saturated heterocycles. The van der Waals surface area contributed by atoms with Crippen LogP contribution in [0.4, 0.5) is 5.13 Å². The number of nitrogens with zero attached hydrogens (tertiary/aromatic N) is 4. The first-order valence-corrected chi connectivity index (χ1v) is 8.45. The predicted octanol–water partition coefficient (Wildman–Crippen LogP) is 1.46. The van der Waals surface area contributed by atoms with E-state index in [1.807, 2.05) is 20.8 Å². The molecule has 0 amide bonds. The maximum Gasteiger partial charge on any atom is 0.234 e. The van der Waals surface area contributed by atoms with E-state index in [2.05, 4.69) is 20.6 Å². The van der Waals surface area contributed by atoms with Gasteiger partial charge < -0.3 is 5.32 Å². The molecule has 0 aromatic carbocycles. The minimum absolute atomic E-state index is 0.00917. The number of rotatable bonds is 4. The van der Waals surface area contributed by atoms with Crippen molar-refractivity contribution in [2.45, 2.75) is 36.4 Å². The maximum atomic E-state index is 12.2. The topological polar surface area (TPSA) is 89.8 Å². The van der Waals surface area contributed by atoms with Crippen molar-refractivity contribution in [1.82, 2.24) is 20.0 Å². The van der Waals surface area contributed by atoms with Crippen LogP contribution in [-0.4, -0.2) is 33.9 Å². The third-order valence-electron chi connectivity index (χ3n) is 2.26. The smallest absolute Gasteiger partial charge is 0.234 e. The number of anilines is 1. The lowest BCUT2D eigenvalue weighted by atomic mass is 10.1. The molecule has 2 aromatic rings. The van der Waals surface area contributed by atoms with E-state index in [-0.39, 0.29) is 15.6 Å². The fourth-order valence-electron chi connectivity index (χ4n) is 1.50. The van der Waals surface area contributed by atoms with E-state index in [0.717, 1.165) is 11.3 Å². The number of nitrogens with one attached hydrogen (secondary N) is 1. The lowest BCUT2D eigenvalue weighted by Crippen LogP contribution is -2.25. The monoisotopic (exact) mass is 315 g/mol. The molecule has 2 aromatic heterocycles. The SMILES string of the molecule is Cn1ccc(CS(=O)(=O)c2nnc(NC(C)(C)C)s2)n1. The molecule has 0 aliphatic carbocycles. The fourth-order valence-corrected chi connectivity index (χ4v) is 3.94. The van der Waals surface area contributed by atoms with Gasteiger partial charge in [-0.05, 0) is 26.8 Å². The summed E-state index contributed by atoms with van der Waals surface area (Å²) in [6.07, 6.45) is 1.71. The molecule has 9 heteroatoms. The van der Waals surface area contributed by atoms with E-state index in [1.54, 1.807) is 24.0 Å². The van der Waals surface area contributed by atoms with Crippen LogP contribution in [0.15, 0.2) is 16.6 Å². The van der Waals surface area contributed by atoms with Crippen LogP contribution in [0.3, 0.4) is 0 Å². The fraction of sp³-hybridized carbons (Fsp3) is 0.545. The Morgan fingerprint density at radius 3 is 2.60 bits per heavy atom. The van der Waals surface area contributed by atoms with Crippen molar-refractivity contribution >= 4 is 26.3 Å². The van der Waals surface area contributed by atoms with Gasteiger partial charge in [0, 0.05) is 18.8 Å². The zero-order chi connectivity index (χ0) is 15.0. The van der Waals surface area contributed by atoms with Crippen molar-refractivity contribution in [2.24, 2.45) is 7.05 Å². The molecule has 7 nitrogen and oxygen atoms in total. The predicted molar refractivity (Wildman–Crippen MR) is 77.4 cm³/mol. The van der Waals surface area contributed by atoms with Crippen LogP contribution in [0.1, 0.15) is 26.5 Å². The van der Waals surface area contributed by atoms with Crippen LogP contribution < -0.4 is 5.32 Å². The molecule has 0 aliphatic heterocycles. The highest BCUT2D eigenvalue weighted by Gasteiger charge is 2.23. The van der Waals surface area contributed by atoms with Gasteiger partial charge in [0.25, 0.3) is 0 Å². The Labute approximate surface area is 122 Å². The van der Waals surface area contributed by atoms with E-state index >= 15 is 0 Å². The minimum Gasteiger partial charge on any atom is -0.355 e. The van der Waals surface area contributed by atoms with Crippen LogP contribution in [0.5, 0.6) is 0 Å². The van der Waals surface area contributed by atoms with Crippen molar-refractivity contribution < 1.29 is 8.42 Å². The molecular formula is C11H17N5O2S2. The highest BCUT2D eigenvalue weighted by atomic mass is 32.2. The summed E-state index contributed by atoms with van der Waals surface area (Å²) in [6, 6.07) is 1.67. The lowest BCUT2D eigenvalue weighted by molar-refractivity contribution is 0.592. The molecule has 1 N–H and O–H groups in total. The molecule has 0 spiro atoms. The van der Waals surface area contributed by atoms with Gasteiger partial charge in [-0.15, -0.1) is 10.2 Å². The molecule has 2 heterocycles. The molecule has 0 atom stereocenters. The highest BCUT2D eigenvalue weighted by Crippen LogP contribution is 2.25. The summed E-state index contributed by atoms with van der Waals surface area (Å²) in [5, 5.41) is 15.3. The Balaban J connectivity index is 2.18. The molecule has 0 saturated carbocycles. The quantitative estimate of drug-likeness (QED) is 0.918. The number of hydrogen-bond acceptors (Lipinski definition) is 7. The largest absolute Gasteiger partial charge is 0.355 e. The number of aryl methyl sites for hydroxylation is 1. The summed E-state index contributed by atoms with van der Waals surface area (Å²) in [4.78, 5) is 0. The molecule has 0 unspecified atom stereocenters. The van der Waals surface area contributed by atoms with Gasteiger partial charge in [0.15, 0.2) is 0 Å². The molecule has 20 heavy (non-hydrogen) atoms. The Hall–Kier alpha value is -1.48. The van der Waals surface area contributed by atoms with Gasteiger partial charge in [0.2, 0.25) is 19.3 Å². The molecule has 2 rings (SSSR count). The van der Waals surface area contributed by atoms with Crippen LogP contribution in [0.2, 0.25) is 0 Å². The summed E-state index contributed by atoms with van der Waals surface area (Å²) in [5.74, 6) is -0.169. The zero-order valence-corrected chi connectivity index (χ0v) is 13.4. The summed E-state index contributed by atoms with van der Waals surface area (Å²) >= 11 is 1.04. The molecule has 0 aliphatic rings. The van der Waals surface area contributed by atoms with E-state index in [4.69, 9.17) is 0 Å². The Morgan fingerprint density at radius 2 is 2.05 bits per heavy atom. The van der Waals surface area contributed by atoms with Crippen LogP contribution in [-0.2, 0) is 22.6 Å². The average molecular weight is 315 g/mol. The number of sulfone groups is 1. The zero-order valence-electron chi connectivity index (χ0n) is 11.8. The molecule has 0 bridgehead atoms. The summed E-state index contributed by atoms with van der Waals surface area (Å²) in [7, 11) is -1.76.